The Morgan fingerprint density at radius 2 is 2.00 bits per heavy atom. The number of hydrogen-bond acceptors (Lipinski definition) is 7. The van der Waals surface area contributed by atoms with Gasteiger partial charge in [0.25, 0.3) is 0 Å². The maximum Gasteiger partial charge on any atom is 0.159 e. The highest BCUT2D eigenvalue weighted by Crippen LogP contribution is 2.27. The van der Waals surface area contributed by atoms with Crippen LogP contribution in [0.25, 0.3) is 0 Å². The summed E-state index contributed by atoms with van der Waals surface area (Å²) in [6.45, 7) is 1.19. The maximum absolute atomic E-state index is 6.06. The molecule has 7 heteroatoms. The molecule has 7 nitrogen and oxygen atoms in total. The minimum absolute atomic E-state index is 0.455. The molecule has 0 aliphatic carbocycles. The lowest BCUT2D eigenvalue weighted by atomic mass is 10.3. The molecule has 2 aromatic rings. The van der Waals surface area contributed by atoms with Crippen molar-refractivity contribution in [1.82, 2.24) is 9.97 Å². The third kappa shape index (κ3) is 3.96. The summed E-state index contributed by atoms with van der Waals surface area (Å²) in [5.41, 5.74) is 7.35. The number of aromatic nitrogens is 2. The monoisotopic (exact) mass is 289 g/mol. The average molecular weight is 289 g/mol. The normalized spacial score (nSPS) is 10.2. The van der Waals surface area contributed by atoms with E-state index in [2.05, 4.69) is 20.6 Å². The van der Waals surface area contributed by atoms with Gasteiger partial charge in [0.05, 0.1) is 13.7 Å². The molecule has 0 unspecified atom stereocenters. The fourth-order valence-corrected chi connectivity index (χ4v) is 1.75. The van der Waals surface area contributed by atoms with Gasteiger partial charge in [0, 0.05) is 25.4 Å². The fourth-order valence-electron chi connectivity index (χ4n) is 1.75. The number of nitrogen functional groups attached to an aromatic ring is 1. The van der Waals surface area contributed by atoms with Crippen LogP contribution in [0.3, 0.4) is 0 Å². The van der Waals surface area contributed by atoms with Gasteiger partial charge >= 0.3 is 0 Å². The van der Waals surface area contributed by atoms with Crippen molar-refractivity contribution < 1.29 is 9.47 Å². The van der Waals surface area contributed by atoms with Gasteiger partial charge < -0.3 is 25.8 Å². The summed E-state index contributed by atoms with van der Waals surface area (Å²) in [6, 6.07) is 7.52. The second kappa shape index (κ2) is 7.30. The number of nitrogens with zero attached hydrogens (tertiary/aromatic N) is 2. The topological polar surface area (TPSA) is 94.3 Å². The second-order valence-corrected chi connectivity index (χ2v) is 4.26. The highest BCUT2D eigenvalue weighted by molar-refractivity contribution is 5.77. The molecule has 0 bridgehead atoms. The summed E-state index contributed by atoms with van der Waals surface area (Å²) in [6.07, 6.45) is 1.45. The van der Waals surface area contributed by atoms with E-state index in [1.807, 2.05) is 24.3 Å². The number of rotatable bonds is 7. The highest BCUT2D eigenvalue weighted by Gasteiger charge is 2.08. The average Bonchev–Trinajstić information content (AvgIpc) is 2.51. The first-order valence-corrected chi connectivity index (χ1v) is 6.49. The first kappa shape index (κ1) is 14.9. The lowest BCUT2D eigenvalue weighted by Gasteiger charge is -2.12. The van der Waals surface area contributed by atoms with Crippen LogP contribution in [-0.2, 0) is 4.74 Å². The molecule has 0 aliphatic rings. The molecule has 2 rings (SSSR count). The summed E-state index contributed by atoms with van der Waals surface area (Å²) in [5.74, 6) is 1.87. The van der Waals surface area contributed by atoms with E-state index in [9.17, 15) is 0 Å². The van der Waals surface area contributed by atoms with E-state index in [1.54, 1.807) is 14.2 Å². The summed E-state index contributed by atoms with van der Waals surface area (Å²) in [7, 11) is 3.26. The molecule has 0 fully saturated rings. The molecule has 21 heavy (non-hydrogen) atoms. The molecule has 0 saturated heterocycles. The van der Waals surface area contributed by atoms with Crippen molar-refractivity contribution in [3.05, 3.63) is 30.6 Å². The molecule has 4 N–H and O–H groups in total. The predicted molar refractivity (Wildman–Crippen MR) is 83.1 cm³/mol. The number of anilines is 4. The van der Waals surface area contributed by atoms with Gasteiger partial charge in [-0.25, -0.2) is 9.97 Å². The third-order valence-electron chi connectivity index (χ3n) is 2.82. The van der Waals surface area contributed by atoms with Crippen LogP contribution in [0.4, 0.5) is 23.0 Å². The summed E-state index contributed by atoms with van der Waals surface area (Å²) >= 11 is 0. The third-order valence-corrected chi connectivity index (χ3v) is 2.82. The van der Waals surface area contributed by atoms with Crippen LogP contribution in [0.5, 0.6) is 5.75 Å². The van der Waals surface area contributed by atoms with E-state index >= 15 is 0 Å². The number of benzene rings is 1. The van der Waals surface area contributed by atoms with Crippen molar-refractivity contribution in [2.45, 2.75) is 0 Å². The van der Waals surface area contributed by atoms with Crippen molar-refractivity contribution >= 4 is 23.0 Å². The van der Waals surface area contributed by atoms with Crippen molar-refractivity contribution in [1.29, 1.82) is 0 Å². The van der Waals surface area contributed by atoms with E-state index in [4.69, 9.17) is 15.2 Å². The van der Waals surface area contributed by atoms with Crippen LogP contribution in [0.15, 0.2) is 30.6 Å². The molecule has 0 radical (unpaired) electrons. The van der Waals surface area contributed by atoms with Gasteiger partial charge in [-0.1, -0.05) is 6.07 Å². The Bertz CT molecular complexity index is 591. The molecule has 1 aromatic heterocycles. The first-order chi connectivity index (χ1) is 10.2. The molecule has 0 atom stereocenters. The Balaban J connectivity index is 2.14. The Labute approximate surface area is 123 Å². The Morgan fingerprint density at radius 1 is 1.19 bits per heavy atom. The van der Waals surface area contributed by atoms with Gasteiger partial charge in [0.2, 0.25) is 0 Å². The number of methoxy groups -OCH3 is 2. The fraction of sp³-hybridized carbons (Fsp3) is 0.286. The quantitative estimate of drug-likeness (QED) is 0.670. The van der Waals surface area contributed by atoms with Crippen LogP contribution in [0.2, 0.25) is 0 Å². The largest absolute Gasteiger partial charge is 0.497 e. The minimum atomic E-state index is 0.455. The van der Waals surface area contributed by atoms with Crippen molar-refractivity contribution in [2.24, 2.45) is 0 Å². The van der Waals surface area contributed by atoms with Crippen molar-refractivity contribution in [2.75, 3.05) is 43.7 Å². The van der Waals surface area contributed by atoms with Gasteiger partial charge in [0.15, 0.2) is 11.6 Å². The second-order valence-electron chi connectivity index (χ2n) is 4.26. The van der Waals surface area contributed by atoms with Crippen molar-refractivity contribution in [3.63, 3.8) is 0 Å². The SMILES string of the molecule is COCCNc1ncnc(Nc2cccc(OC)c2)c1N. The smallest absolute Gasteiger partial charge is 0.159 e. The molecule has 1 heterocycles. The lowest BCUT2D eigenvalue weighted by molar-refractivity contribution is 0.210. The van der Waals surface area contributed by atoms with E-state index in [0.717, 1.165) is 11.4 Å². The Kier molecular flexibility index (Phi) is 5.16. The van der Waals surface area contributed by atoms with Gasteiger partial charge in [-0.15, -0.1) is 0 Å². The predicted octanol–water partition coefficient (Wildman–Crippen LogP) is 1.87. The Hall–Kier alpha value is -2.54. The van der Waals surface area contributed by atoms with E-state index in [-0.39, 0.29) is 0 Å². The van der Waals surface area contributed by atoms with E-state index < -0.39 is 0 Å². The molecule has 112 valence electrons. The molecule has 0 aliphatic heterocycles. The van der Waals surface area contributed by atoms with Gasteiger partial charge in [-0.3, -0.25) is 0 Å². The number of nitrogens with one attached hydrogen (secondary N) is 2. The Morgan fingerprint density at radius 3 is 2.76 bits per heavy atom. The number of hydrogen-bond donors (Lipinski definition) is 3. The zero-order valence-corrected chi connectivity index (χ0v) is 12.1. The van der Waals surface area contributed by atoms with E-state index in [0.29, 0.717) is 30.5 Å². The van der Waals surface area contributed by atoms with Crippen LogP contribution >= 0.6 is 0 Å². The van der Waals surface area contributed by atoms with Gasteiger partial charge in [0.1, 0.15) is 17.8 Å². The minimum Gasteiger partial charge on any atom is -0.497 e. The summed E-state index contributed by atoms with van der Waals surface area (Å²) < 4.78 is 10.2. The summed E-state index contributed by atoms with van der Waals surface area (Å²) in [5, 5.41) is 6.25. The van der Waals surface area contributed by atoms with Crippen LogP contribution in [0.1, 0.15) is 0 Å². The standard InChI is InChI=1S/C14H19N5O2/c1-20-7-6-16-13-12(15)14(18-9-17-13)19-10-4-3-5-11(8-10)21-2/h3-5,8-9H,6-7,15H2,1-2H3,(H2,16,17,18,19). The number of nitrogens with two attached hydrogens (primary N) is 1. The zero-order valence-electron chi connectivity index (χ0n) is 12.1. The molecular formula is C14H19N5O2. The zero-order chi connectivity index (χ0) is 15.1. The molecule has 0 spiro atoms. The summed E-state index contributed by atoms with van der Waals surface area (Å²) in [4.78, 5) is 8.28. The molecule has 1 aromatic carbocycles. The lowest BCUT2D eigenvalue weighted by Crippen LogP contribution is -2.12. The highest BCUT2D eigenvalue weighted by atomic mass is 16.5. The first-order valence-electron chi connectivity index (χ1n) is 6.49. The van der Waals surface area contributed by atoms with Crippen LogP contribution in [-0.4, -0.2) is 37.3 Å². The van der Waals surface area contributed by atoms with Crippen LogP contribution < -0.4 is 21.1 Å². The molecule has 0 amide bonds. The van der Waals surface area contributed by atoms with Crippen molar-refractivity contribution in [3.8, 4) is 5.75 Å². The maximum atomic E-state index is 6.06. The molecule has 0 saturated carbocycles. The number of ether oxygens (including phenoxy) is 2. The van der Waals surface area contributed by atoms with Gasteiger partial charge in [-0.2, -0.15) is 0 Å². The van der Waals surface area contributed by atoms with Gasteiger partial charge in [-0.05, 0) is 12.1 Å². The van der Waals surface area contributed by atoms with Crippen LogP contribution in [0, 0.1) is 0 Å². The molecular weight excluding hydrogens is 270 g/mol. The van der Waals surface area contributed by atoms with E-state index in [1.165, 1.54) is 6.33 Å².